The monoisotopic (exact) mass is 361 g/mol. The molecular formula is C24H40O2. The van der Waals surface area contributed by atoms with E-state index in [2.05, 4.69) is 20.8 Å². The molecule has 0 bridgehead atoms. The Balaban J connectivity index is 1.56. The van der Waals surface area contributed by atoms with Crippen LogP contribution < -0.4 is 0 Å². The molecular weight excluding hydrogens is 320 g/mol. The van der Waals surface area contributed by atoms with Crippen molar-refractivity contribution >= 4 is 5.97 Å². The van der Waals surface area contributed by atoms with Crippen LogP contribution in [0.3, 0.4) is 0 Å². The van der Waals surface area contributed by atoms with Gasteiger partial charge in [0, 0.05) is 7.79 Å². The van der Waals surface area contributed by atoms with Crippen LogP contribution in [0.1, 0.15) is 99.2 Å². The van der Waals surface area contributed by atoms with Gasteiger partial charge in [-0.25, -0.2) is 0 Å². The zero-order chi connectivity index (χ0) is 19.4. The molecule has 0 saturated heterocycles. The third-order valence-corrected chi connectivity index (χ3v) is 9.90. The van der Waals surface area contributed by atoms with E-state index in [9.17, 15) is 4.79 Å². The van der Waals surface area contributed by atoms with Gasteiger partial charge >= 0.3 is 5.97 Å². The van der Waals surface area contributed by atoms with Crippen LogP contribution in [0.5, 0.6) is 0 Å². The van der Waals surface area contributed by atoms with Crippen LogP contribution >= 0.6 is 0 Å². The predicted molar refractivity (Wildman–Crippen MR) is 106 cm³/mol. The molecule has 1 N–H and O–H groups in total. The van der Waals surface area contributed by atoms with Gasteiger partial charge in [0.15, 0.2) is 0 Å². The molecule has 148 valence electrons. The molecule has 0 aliphatic heterocycles. The molecule has 0 aromatic rings. The lowest BCUT2D eigenvalue weighted by molar-refractivity contribution is -0.137. The summed E-state index contributed by atoms with van der Waals surface area (Å²) in [5, 5.41) is 9.10. The first-order valence-corrected chi connectivity index (χ1v) is 11.4. The van der Waals surface area contributed by atoms with Gasteiger partial charge < -0.3 is 5.11 Å². The molecule has 0 spiro atoms. The SMILES string of the molecule is [2H]C1C[C@@H]2CCCC[C@]2(C)[C@H]2CC[C@]3(C)[C@@H]([C@H](C)CCC(=O)O)CC[C@H]3[C@H]12. The van der Waals surface area contributed by atoms with Crippen LogP contribution in [-0.2, 0) is 4.79 Å². The standard InChI is InChI=1S/C24H40O2/c1-16(7-12-22(25)26)19-10-11-20-18-9-8-17-6-4-5-14-23(17,2)21(18)13-15-24(19,20)3/h16-21H,4-15H2,1-3H3,(H,25,26)/t16-,17+,18+,19-,20+,21+,23+,24-/m1/s1/i9D/t9?,16-,17+,18+,19-,20+,21+,23+,24-. The molecule has 0 heterocycles. The summed E-state index contributed by atoms with van der Waals surface area (Å²) in [5.41, 5.74) is 0.838. The summed E-state index contributed by atoms with van der Waals surface area (Å²) in [4.78, 5) is 11.1. The van der Waals surface area contributed by atoms with Gasteiger partial charge in [-0.3, -0.25) is 4.79 Å². The highest BCUT2D eigenvalue weighted by atomic mass is 16.4. The maximum Gasteiger partial charge on any atom is 0.303 e. The van der Waals surface area contributed by atoms with E-state index in [1.165, 1.54) is 51.4 Å². The summed E-state index contributed by atoms with van der Waals surface area (Å²) in [6.45, 7) is 7.40. The van der Waals surface area contributed by atoms with Gasteiger partial charge in [-0.05, 0) is 104 Å². The number of carbonyl (C=O) groups is 1. The van der Waals surface area contributed by atoms with E-state index < -0.39 is 5.97 Å². The molecule has 2 heteroatoms. The zero-order valence-corrected chi connectivity index (χ0v) is 17.2. The average molecular weight is 362 g/mol. The molecule has 26 heavy (non-hydrogen) atoms. The van der Waals surface area contributed by atoms with Crippen LogP contribution in [0.15, 0.2) is 0 Å². The van der Waals surface area contributed by atoms with Crippen molar-refractivity contribution in [1.82, 2.24) is 0 Å². The number of fused-ring (bicyclic) bond motifs is 5. The van der Waals surface area contributed by atoms with Crippen molar-refractivity contribution in [3.8, 4) is 0 Å². The number of hydrogen-bond acceptors (Lipinski definition) is 1. The minimum atomic E-state index is -0.653. The van der Waals surface area contributed by atoms with E-state index >= 15 is 0 Å². The second-order valence-electron chi connectivity index (χ2n) is 10.8. The predicted octanol–water partition coefficient (Wildman–Crippen LogP) is 6.54. The smallest absolute Gasteiger partial charge is 0.303 e. The summed E-state index contributed by atoms with van der Waals surface area (Å²) in [7, 11) is 0. The van der Waals surface area contributed by atoms with E-state index in [1.54, 1.807) is 0 Å². The van der Waals surface area contributed by atoms with E-state index in [4.69, 9.17) is 6.48 Å². The highest BCUT2D eigenvalue weighted by Gasteiger charge is 2.60. The Morgan fingerprint density at radius 3 is 2.62 bits per heavy atom. The largest absolute Gasteiger partial charge is 0.481 e. The van der Waals surface area contributed by atoms with Crippen LogP contribution in [0.4, 0.5) is 0 Å². The van der Waals surface area contributed by atoms with E-state index in [0.29, 0.717) is 40.9 Å². The molecule has 4 aliphatic rings. The average Bonchev–Trinajstić information content (AvgIpc) is 2.97. The molecule has 4 rings (SSSR count). The van der Waals surface area contributed by atoms with Crippen molar-refractivity contribution < 1.29 is 11.3 Å². The van der Waals surface area contributed by atoms with Gasteiger partial charge in [-0.15, -0.1) is 0 Å². The second kappa shape index (κ2) is 6.82. The van der Waals surface area contributed by atoms with Gasteiger partial charge in [0.1, 0.15) is 0 Å². The molecule has 0 aromatic heterocycles. The first-order valence-electron chi connectivity index (χ1n) is 12.0. The fourth-order valence-corrected chi connectivity index (χ4v) is 8.45. The number of rotatable bonds is 4. The Morgan fingerprint density at radius 1 is 1.08 bits per heavy atom. The summed E-state index contributed by atoms with van der Waals surface area (Å²) < 4.78 is 9.08. The summed E-state index contributed by atoms with van der Waals surface area (Å²) >= 11 is 0. The fourth-order valence-electron chi connectivity index (χ4n) is 8.45. The van der Waals surface area contributed by atoms with Gasteiger partial charge in [0.25, 0.3) is 0 Å². The van der Waals surface area contributed by atoms with Crippen molar-refractivity contribution in [2.75, 3.05) is 0 Å². The van der Waals surface area contributed by atoms with E-state index in [0.717, 1.165) is 24.7 Å². The topological polar surface area (TPSA) is 37.3 Å². The van der Waals surface area contributed by atoms with Crippen LogP contribution in [0.2, 0.25) is 0 Å². The molecule has 4 aliphatic carbocycles. The quantitative estimate of drug-likeness (QED) is 0.617. The minimum Gasteiger partial charge on any atom is -0.481 e. The molecule has 0 amide bonds. The molecule has 9 atom stereocenters. The lowest BCUT2D eigenvalue weighted by Crippen LogP contribution is -2.53. The third kappa shape index (κ3) is 2.85. The molecule has 0 aromatic carbocycles. The second-order valence-corrected chi connectivity index (χ2v) is 10.8. The maximum atomic E-state index is 11.1. The van der Waals surface area contributed by atoms with E-state index in [-0.39, 0.29) is 6.40 Å². The molecule has 4 saturated carbocycles. The van der Waals surface area contributed by atoms with Gasteiger partial charge in [0.2, 0.25) is 0 Å². The Bertz CT molecular complexity index is 577. The molecule has 4 fully saturated rings. The lowest BCUT2D eigenvalue weighted by atomic mass is 9.44. The van der Waals surface area contributed by atoms with Crippen molar-refractivity contribution in [1.29, 1.82) is 0 Å². The zero-order valence-electron chi connectivity index (χ0n) is 18.2. The van der Waals surface area contributed by atoms with Crippen LogP contribution in [-0.4, -0.2) is 11.1 Å². The number of hydrogen-bond donors (Lipinski definition) is 1. The number of carboxylic acids is 1. The van der Waals surface area contributed by atoms with E-state index in [1.807, 2.05) is 0 Å². The number of carboxylic acid groups (broad SMARTS) is 1. The lowest BCUT2D eigenvalue weighted by Gasteiger charge is -2.61. The minimum absolute atomic E-state index is 0.142. The first kappa shape index (κ1) is 17.6. The summed E-state index contributed by atoms with van der Waals surface area (Å²) in [6, 6.07) is 0. The summed E-state index contributed by atoms with van der Waals surface area (Å²) in [5.74, 6) is 3.37. The summed E-state index contributed by atoms with van der Waals surface area (Å²) in [6.07, 6.45) is 13.1. The van der Waals surface area contributed by atoms with Crippen LogP contribution in [0, 0.1) is 46.3 Å². The number of aliphatic carboxylic acids is 1. The third-order valence-electron chi connectivity index (χ3n) is 9.90. The maximum absolute atomic E-state index is 11.1. The molecule has 1 unspecified atom stereocenters. The van der Waals surface area contributed by atoms with Gasteiger partial charge in [-0.1, -0.05) is 33.6 Å². The van der Waals surface area contributed by atoms with Crippen molar-refractivity contribution in [3.63, 3.8) is 0 Å². The first-order chi connectivity index (χ1) is 12.8. The highest BCUT2D eigenvalue weighted by Crippen LogP contribution is 2.68. The molecule has 0 radical (unpaired) electrons. The Hall–Kier alpha value is -0.530. The van der Waals surface area contributed by atoms with Crippen molar-refractivity contribution in [2.45, 2.75) is 97.8 Å². The highest BCUT2D eigenvalue weighted by molar-refractivity contribution is 5.66. The van der Waals surface area contributed by atoms with Gasteiger partial charge in [-0.2, -0.15) is 0 Å². The molecule has 2 nitrogen and oxygen atoms in total. The van der Waals surface area contributed by atoms with Crippen molar-refractivity contribution in [3.05, 3.63) is 0 Å². The van der Waals surface area contributed by atoms with Crippen molar-refractivity contribution in [2.24, 2.45) is 46.3 Å². The van der Waals surface area contributed by atoms with Crippen LogP contribution in [0.25, 0.3) is 0 Å². The Kier molecular flexibility index (Phi) is 4.60. The van der Waals surface area contributed by atoms with Gasteiger partial charge in [0.05, 0.1) is 0 Å². The Labute approximate surface area is 161 Å². The Morgan fingerprint density at radius 2 is 1.85 bits per heavy atom. The fraction of sp³-hybridized carbons (Fsp3) is 0.958. The normalized spacial score (nSPS) is 52.3.